The van der Waals surface area contributed by atoms with Gasteiger partial charge in [0.05, 0.1) is 11.9 Å². The van der Waals surface area contributed by atoms with Crippen LogP contribution in [0.2, 0.25) is 10.0 Å². The van der Waals surface area contributed by atoms with Gasteiger partial charge in [0, 0.05) is 38.9 Å². The number of aromatic nitrogens is 3. The number of halogens is 2. The lowest BCUT2D eigenvalue weighted by Crippen LogP contribution is -2.20. The molecule has 0 bridgehead atoms. The lowest BCUT2D eigenvalue weighted by atomic mass is 10.2. The minimum absolute atomic E-state index is 0.317. The standard InChI is InChI=1S/C23H21Cl2N5O/c1-13-5-6-21-27-15(3)22(29(21)12-13)23(31)28-26-11-17-7-14(2)30(16(17)4)20-9-18(24)8-19(25)10-20/h5-12H,1-4H3,(H,28,31). The Labute approximate surface area is 190 Å². The largest absolute Gasteiger partial charge is 0.318 e. The number of amides is 1. The number of hydrogen-bond donors (Lipinski definition) is 1. The van der Waals surface area contributed by atoms with E-state index in [0.29, 0.717) is 21.4 Å². The van der Waals surface area contributed by atoms with Crippen LogP contribution in [0.15, 0.2) is 47.7 Å². The van der Waals surface area contributed by atoms with Gasteiger partial charge in [0.25, 0.3) is 5.91 Å². The molecule has 0 aliphatic rings. The summed E-state index contributed by atoms with van der Waals surface area (Å²) >= 11 is 12.3. The third kappa shape index (κ3) is 4.09. The number of hydrazone groups is 1. The molecule has 1 aromatic carbocycles. The summed E-state index contributed by atoms with van der Waals surface area (Å²) in [5.41, 5.74) is 9.19. The van der Waals surface area contributed by atoms with Crippen molar-refractivity contribution in [3.8, 4) is 5.69 Å². The topological polar surface area (TPSA) is 63.7 Å². The van der Waals surface area contributed by atoms with Crippen LogP contribution in [0.1, 0.15) is 38.7 Å². The van der Waals surface area contributed by atoms with Gasteiger partial charge in [-0.3, -0.25) is 9.20 Å². The maximum absolute atomic E-state index is 12.8. The fourth-order valence-corrected chi connectivity index (χ4v) is 4.25. The number of imidazole rings is 1. The van der Waals surface area contributed by atoms with Crippen molar-refractivity contribution in [2.24, 2.45) is 5.10 Å². The van der Waals surface area contributed by atoms with Crippen molar-refractivity contribution in [1.82, 2.24) is 19.4 Å². The Kier molecular flexibility index (Phi) is 5.60. The maximum atomic E-state index is 12.8. The first-order valence-electron chi connectivity index (χ1n) is 9.68. The monoisotopic (exact) mass is 453 g/mol. The van der Waals surface area contributed by atoms with E-state index >= 15 is 0 Å². The number of pyridine rings is 1. The average molecular weight is 454 g/mol. The highest BCUT2D eigenvalue weighted by atomic mass is 35.5. The van der Waals surface area contributed by atoms with Gasteiger partial charge in [-0.05, 0) is 63.6 Å². The number of benzene rings is 1. The van der Waals surface area contributed by atoms with Gasteiger partial charge in [-0.2, -0.15) is 5.10 Å². The zero-order valence-electron chi connectivity index (χ0n) is 17.6. The number of aryl methyl sites for hydroxylation is 3. The third-order valence-electron chi connectivity index (χ3n) is 5.10. The van der Waals surface area contributed by atoms with E-state index in [1.165, 1.54) is 0 Å². The number of hydrogen-bond acceptors (Lipinski definition) is 3. The number of rotatable bonds is 4. The molecule has 0 saturated carbocycles. The fourth-order valence-electron chi connectivity index (χ4n) is 3.74. The number of nitrogens with zero attached hydrogens (tertiary/aromatic N) is 4. The van der Waals surface area contributed by atoms with Gasteiger partial charge in [0.1, 0.15) is 11.3 Å². The quantitative estimate of drug-likeness (QED) is 0.330. The first kappa shape index (κ1) is 21.2. The molecule has 0 aliphatic carbocycles. The molecule has 31 heavy (non-hydrogen) atoms. The second kappa shape index (κ2) is 8.21. The molecule has 0 saturated heterocycles. The second-order valence-corrected chi connectivity index (χ2v) is 8.34. The highest BCUT2D eigenvalue weighted by molar-refractivity contribution is 6.34. The van der Waals surface area contributed by atoms with Crippen molar-refractivity contribution in [3.05, 3.63) is 86.5 Å². The summed E-state index contributed by atoms with van der Waals surface area (Å²) in [5.74, 6) is -0.317. The molecule has 4 aromatic rings. The Hall–Kier alpha value is -3.09. The molecule has 4 rings (SSSR count). The molecule has 3 aromatic heterocycles. The molecule has 0 spiro atoms. The van der Waals surface area contributed by atoms with Crippen LogP contribution in [0, 0.1) is 27.7 Å². The van der Waals surface area contributed by atoms with Crippen LogP contribution in [0.3, 0.4) is 0 Å². The minimum atomic E-state index is -0.317. The van der Waals surface area contributed by atoms with E-state index in [9.17, 15) is 4.79 Å². The van der Waals surface area contributed by atoms with Gasteiger partial charge >= 0.3 is 0 Å². The third-order valence-corrected chi connectivity index (χ3v) is 5.54. The maximum Gasteiger partial charge on any atom is 0.290 e. The van der Waals surface area contributed by atoms with Crippen LogP contribution in [-0.2, 0) is 0 Å². The van der Waals surface area contributed by atoms with Crippen LogP contribution in [-0.4, -0.2) is 26.1 Å². The van der Waals surface area contributed by atoms with Crippen LogP contribution >= 0.6 is 23.2 Å². The highest BCUT2D eigenvalue weighted by Gasteiger charge is 2.16. The molecule has 158 valence electrons. The van der Waals surface area contributed by atoms with E-state index in [1.807, 2.05) is 68.8 Å². The van der Waals surface area contributed by atoms with Crippen molar-refractivity contribution in [2.45, 2.75) is 27.7 Å². The lowest BCUT2D eigenvalue weighted by molar-refractivity contribution is 0.0948. The fraction of sp³-hybridized carbons (Fsp3) is 0.174. The Bertz CT molecular complexity index is 1330. The van der Waals surface area contributed by atoms with Gasteiger partial charge in [-0.25, -0.2) is 10.4 Å². The van der Waals surface area contributed by atoms with Crippen molar-refractivity contribution >= 4 is 41.0 Å². The van der Waals surface area contributed by atoms with Crippen molar-refractivity contribution in [1.29, 1.82) is 0 Å². The number of nitrogens with one attached hydrogen (secondary N) is 1. The minimum Gasteiger partial charge on any atom is -0.318 e. The average Bonchev–Trinajstić information content (AvgIpc) is 3.15. The molecule has 3 heterocycles. The first-order valence-corrected chi connectivity index (χ1v) is 10.4. The SMILES string of the molecule is Cc1ccc2nc(C)c(C(=O)NN=Cc3cc(C)n(-c4cc(Cl)cc(Cl)c4)c3C)n2c1. The van der Waals surface area contributed by atoms with Gasteiger partial charge < -0.3 is 4.57 Å². The Morgan fingerprint density at radius 2 is 1.77 bits per heavy atom. The van der Waals surface area contributed by atoms with Gasteiger partial charge in [0.2, 0.25) is 0 Å². The van der Waals surface area contributed by atoms with E-state index in [4.69, 9.17) is 23.2 Å². The van der Waals surface area contributed by atoms with E-state index in [1.54, 1.807) is 16.7 Å². The summed E-state index contributed by atoms with van der Waals surface area (Å²) in [6, 6.07) is 11.2. The molecular formula is C23H21Cl2N5O. The predicted octanol–water partition coefficient (Wildman–Crippen LogP) is 5.43. The lowest BCUT2D eigenvalue weighted by Gasteiger charge is -2.10. The first-order chi connectivity index (χ1) is 14.7. The predicted molar refractivity (Wildman–Crippen MR) is 125 cm³/mol. The molecule has 1 N–H and O–H groups in total. The molecule has 0 fully saturated rings. The summed E-state index contributed by atoms with van der Waals surface area (Å²) in [6.45, 7) is 7.74. The second-order valence-electron chi connectivity index (χ2n) is 7.47. The number of carbonyl (C=O) groups excluding carboxylic acids is 1. The van der Waals surface area contributed by atoms with E-state index < -0.39 is 0 Å². The van der Waals surface area contributed by atoms with Crippen LogP contribution < -0.4 is 5.43 Å². The van der Waals surface area contributed by atoms with Gasteiger partial charge in [0.15, 0.2) is 0 Å². The van der Waals surface area contributed by atoms with Crippen LogP contribution in [0.5, 0.6) is 0 Å². The highest BCUT2D eigenvalue weighted by Crippen LogP contribution is 2.26. The van der Waals surface area contributed by atoms with Gasteiger partial charge in [-0.1, -0.05) is 29.3 Å². The molecular weight excluding hydrogens is 433 g/mol. The Balaban J connectivity index is 1.60. The molecule has 6 nitrogen and oxygen atoms in total. The summed E-state index contributed by atoms with van der Waals surface area (Å²) in [7, 11) is 0. The Morgan fingerprint density at radius 3 is 2.48 bits per heavy atom. The summed E-state index contributed by atoms with van der Waals surface area (Å²) in [6.07, 6.45) is 3.52. The molecule has 0 aliphatic heterocycles. The van der Waals surface area contributed by atoms with Crippen molar-refractivity contribution in [2.75, 3.05) is 0 Å². The smallest absolute Gasteiger partial charge is 0.290 e. The van der Waals surface area contributed by atoms with Crippen LogP contribution in [0.25, 0.3) is 11.3 Å². The molecule has 0 radical (unpaired) electrons. The van der Waals surface area contributed by atoms with Gasteiger partial charge in [-0.15, -0.1) is 0 Å². The molecule has 0 atom stereocenters. The number of fused-ring (bicyclic) bond motifs is 1. The number of carbonyl (C=O) groups is 1. The normalized spacial score (nSPS) is 11.5. The van der Waals surface area contributed by atoms with Crippen LogP contribution in [0.4, 0.5) is 0 Å². The molecule has 8 heteroatoms. The van der Waals surface area contributed by atoms with E-state index in [-0.39, 0.29) is 5.91 Å². The van der Waals surface area contributed by atoms with Crippen molar-refractivity contribution < 1.29 is 4.79 Å². The summed E-state index contributed by atoms with van der Waals surface area (Å²) in [4.78, 5) is 17.2. The zero-order chi connectivity index (χ0) is 22.3. The van der Waals surface area contributed by atoms with E-state index in [0.717, 1.165) is 33.8 Å². The summed E-state index contributed by atoms with van der Waals surface area (Å²) < 4.78 is 3.82. The molecule has 1 amide bonds. The Morgan fingerprint density at radius 1 is 1.06 bits per heavy atom. The summed E-state index contributed by atoms with van der Waals surface area (Å²) in [5, 5.41) is 5.31. The van der Waals surface area contributed by atoms with E-state index in [2.05, 4.69) is 15.5 Å². The van der Waals surface area contributed by atoms with Crippen molar-refractivity contribution in [3.63, 3.8) is 0 Å². The molecule has 0 unspecified atom stereocenters. The zero-order valence-corrected chi connectivity index (χ0v) is 19.1.